The largest absolute Gasteiger partial charge is 0.497 e. The van der Waals surface area contributed by atoms with Gasteiger partial charge in [-0.3, -0.25) is 4.79 Å². The molecule has 0 saturated heterocycles. The normalized spacial score (nSPS) is 10.5. The number of aromatic nitrogens is 1. The maximum atomic E-state index is 12.4. The molecule has 30 heavy (non-hydrogen) atoms. The lowest BCUT2D eigenvalue weighted by Crippen LogP contribution is -2.12. The Morgan fingerprint density at radius 1 is 1.03 bits per heavy atom. The summed E-state index contributed by atoms with van der Waals surface area (Å²) in [6, 6.07) is 13.5. The number of anilines is 1. The molecule has 0 saturated carbocycles. The number of methoxy groups -OCH3 is 1. The molecule has 0 spiro atoms. The van der Waals surface area contributed by atoms with Crippen LogP contribution in [0, 0.1) is 0 Å². The molecular formula is C23H26N2O4S. The van der Waals surface area contributed by atoms with Gasteiger partial charge in [-0.2, -0.15) is 0 Å². The fourth-order valence-corrected chi connectivity index (χ4v) is 3.65. The van der Waals surface area contributed by atoms with Crippen LogP contribution >= 0.6 is 11.3 Å². The monoisotopic (exact) mass is 426 g/mol. The molecule has 0 aliphatic carbocycles. The average molecular weight is 427 g/mol. The van der Waals surface area contributed by atoms with Crippen molar-refractivity contribution in [3.63, 3.8) is 0 Å². The van der Waals surface area contributed by atoms with Crippen molar-refractivity contribution >= 4 is 22.4 Å². The number of carbonyl (C=O) groups is 1. The van der Waals surface area contributed by atoms with Crippen molar-refractivity contribution in [2.45, 2.75) is 26.7 Å². The summed E-state index contributed by atoms with van der Waals surface area (Å²) < 4.78 is 16.4. The minimum Gasteiger partial charge on any atom is -0.497 e. The summed E-state index contributed by atoms with van der Waals surface area (Å²) >= 11 is 1.41. The van der Waals surface area contributed by atoms with E-state index >= 15 is 0 Å². The van der Waals surface area contributed by atoms with Crippen molar-refractivity contribution in [2.75, 3.05) is 25.6 Å². The molecule has 1 N–H and O–H groups in total. The number of thiazole rings is 1. The Kier molecular flexibility index (Phi) is 7.68. The third-order valence-electron chi connectivity index (χ3n) is 4.38. The Balaban J connectivity index is 1.57. The predicted octanol–water partition coefficient (Wildman–Crippen LogP) is 5.19. The number of nitrogens with one attached hydrogen (secondary N) is 1. The molecular weight excluding hydrogens is 400 g/mol. The van der Waals surface area contributed by atoms with Crippen molar-refractivity contribution < 1.29 is 19.0 Å². The molecule has 0 aliphatic heterocycles. The zero-order chi connectivity index (χ0) is 21.3. The first-order valence-corrected chi connectivity index (χ1v) is 10.8. The molecule has 1 aromatic heterocycles. The highest BCUT2D eigenvalue weighted by atomic mass is 32.1. The van der Waals surface area contributed by atoms with Crippen LogP contribution in [-0.2, 0) is 11.2 Å². The number of hydrogen-bond acceptors (Lipinski definition) is 6. The lowest BCUT2D eigenvalue weighted by atomic mass is 10.1. The second kappa shape index (κ2) is 10.6. The minimum atomic E-state index is -0.0718. The highest BCUT2D eigenvalue weighted by Crippen LogP contribution is 2.29. The van der Waals surface area contributed by atoms with Gasteiger partial charge in [-0.1, -0.05) is 6.07 Å². The molecule has 158 valence electrons. The van der Waals surface area contributed by atoms with Gasteiger partial charge in [0.15, 0.2) is 16.6 Å². The maximum absolute atomic E-state index is 12.4. The van der Waals surface area contributed by atoms with Crippen LogP contribution in [0.5, 0.6) is 17.2 Å². The molecule has 2 aromatic carbocycles. The number of amides is 1. The fraction of sp³-hybridized carbons (Fsp3) is 0.304. The van der Waals surface area contributed by atoms with E-state index in [1.165, 1.54) is 11.3 Å². The molecule has 1 amide bonds. The highest BCUT2D eigenvalue weighted by Gasteiger charge is 2.11. The van der Waals surface area contributed by atoms with E-state index in [2.05, 4.69) is 10.3 Å². The summed E-state index contributed by atoms with van der Waals surface area (Å²) in [6.45, 7) is 5.01. The van der Waals surface area contributed by atoms with Gasteiger partial charge >= 0.3 is 0 Å². The smallest absolute Gasteiger partial charge is 0.226 e. The van der Waals surface area contributed by atoms with Crippen LogP contribution in [-0.4, -0.2) is 31.2 Å². The SMILES string of the molecule is CCOc1ccc(CCC(=O)Nc2nc(-c3ccc(OC)cc3)cs2)cc1OCC. The molecule has 0 fully saturated rings. The van der Waals surface area contributed by atoms with Crippen molar-refractivity contribution in [2.24, 2.45) is 0 Å². The summed E-state index contributed by atoms with van der Waals surface area (Å²) in [5, 5.41) is 5.40. The zero-order valence-electron chi connectivity index (χ0n) is 17.4. The Hall–Kier alpha value is -3.06. The number of ether oxygens (including phenoxy) is 3. The van der Waals surface area contributed by atoms with E-state index in [1.54, 1.807) is 7.11 Å². The fourth-order valence-electron chi connectivity index (χ4n) is 2.92. The molecule has 0 atom stereocenters. The number of aryl methyl sites for hydroxylation is 1. The molecule has 0 bridgehead atoms. The van der Waals surface area contributed by atoms with Crippen molar-refractivity contribution in [1.29, 1.82) is 0 Å². The summed E-state index contributed by atoms with van der Waals surface area (Å²) in [5.74, 6) is 2.16. The second-order valence-corrected chi connectivity index (χ2v) is 7.32. The van der Waals surface area contributed by atoms with Crippen LogP contribution in [0.15, 0.2) is 47.8 Å². The average Bonchev–Trinajstić information content (AvgIpc) is 3.22. The van der Waals surface area contributed by atoms with Gasteiger partial charge in [0.05, 0.1) is 26.0 Å². The minimum absolute atomic E-state index is 0.0718. The van der Waals surface area contributed by atoms with Crippen LogP contribution < -0.4 is 19.5 Å². The Morgan fingerprint density at radius 3 is 2.47 bits per heavy atom. The molecule has 0 aliphatic rings. The first kappa shape index (κ1) is 21.6. The van der Waals surface area contributed by atoms with E-state index in [-0.39, 0.29) is 5.91 Å². The Bertz CT molecular complexity index is 970. The van der Waals surface area contributed by atoms with Crippen LogP contribution in [0.4, 0.5) is 5.13 Å². The number of rotatable bonds is 10. The summed E-state index contributed by atoms with van der Waals surface area (Å²) in [5.41, 5.74) is 2.83. The Morgan fingerprint density at radius 2 is 1.77 bits per heavy atom. The van der Waals surface area contributed by atoms with Crippen molar-refractivity contribution in [1.82, 2.24) is 4.98 Å². The standard InChI is InChI=1S/C23H26N2O4S/c1-4-28-20-12-6-16(14-21(20)29-5-2)7-13-22(26)25-23-24-19(15-30-23)17-8-10-18(27-3)11-9-17/h6,8-12,14-15H,4-5,7,13H2,1-3H3,(H,24,25,26). The van der Waals surface area contributed by atoms with Crippen LogP contribution in [0.25, 0.3) is 11.3 Å². The Labute approximate surface area is 180 Å². The van der Waals surface area contributed by atoms with Gasteiger partial charge in [0.2, 0.25) is 5.91 Å². The molecule has 6 nitrogen and oxygen atoms in total. The first-order chi connectivity index (χ1) is 14.6. The van der Waals surface area contributed by atoms with E-state index in [0.29, 0.717) is 36.9 Å². The van der Waals surface area contributed by atoms with E-state index in [1.807, 2.05) is 61.7 Å². The van der Waals surface area contributed by atoms with Crippen LogP contribution in [0.2, 0.25) is 0 Å². The molecule has 1 heterocycles. The topological polar surface area (TPSA) is 69.7 Å². The van der Waals surface area contributed by atoms with Gasteiger partial charge in [0.1, 0.15) is 5.75 Å². The van der Waals surface area contributed by atoms with Crippen molar-refractivity contribution in [3.05, 3.63) is 53.4 Å². The summed E-state index contributed by atoms with van der Waals surface area (Å²) in [7, 11) is 1.64. The predicted molar refractivity (Wildman–Crippen MR) is 120 cm³/mol. The number of carbonyl (C=O) groups excluding carboxylic acids is 1. The van der Waals surface area contributed by atoms with E-state index in [0.717, 1.165) is 28.3 Å². The number of nitrogens with zero attached hydrogens (tertiary/aromatic N) is 1. The van der Waals surface area contributed by atoms with Gasteiger partial charge in [-0.25, -0.2) is 4.98 Å². The maximum Gasteiger partial charge on any atom is 0.226 e. The van der Waals surface area contributed by atoms with Crippen molar-refractivity contribution in [3.8, 4) is 28.5 Å². The van der Waals surface area contributed by atoms with Gasteiger partial charge in [0.25, 0.3) is 0 Å². The zero-order valence-corrected chi connectivity index (χ0v) is 18.3. The molecule has 7 heteroatoms. The van der Waals surface area contributed by atoms with Crippen LogP contribution in [0.3, 0.4) is 0 Å². The van der Waals surface area contributed by atoms with Gasteiger partial charge in [-0.05, 0) is 62.2 Å². The first-order valence-electron chi connectivity index (χ1n) is 9.91. The second-order valence-electron chi connectivity index (χ2n) is 6.46. The third kappa shape index (κ3) is 5.73. The van der Waals surface area contributed by atoms with E-state index in [4.69, 9.17) is 14.2 Å². The quantitative estimate of drug-likeness (QED) is 0.483. The lowest BCUT2D eigenvalue weighted by Gasteiger charge is -2.12. The molecule has 0 unspecified atom stereocenters. The summed E-state index contributed by atoms with van der Waals surface area (Å²) in [4.78, 5) is 16.9. The summed E-state index contributed by atoms with van der Waals surface area (Å²) in [6.07, 6.45) is 0.964. The lowest BCUT2D eigenvalue weighted by molar-refractivity contribution is -0.116. The molecule has 0 radical (unpaired) electrons. The number of hydrogen-bond donors (Lipinski definition) is 1. The van der Waals surface area contributed by atoms with Gasteiger partial charge in [-0.15, -0.1) is 11.3 Å². The molecule has 3 aromatic rings. The highest BCUT2D eigenvalue weighted by molar-refractivity contribution is 7.14. The third-order valence-corrected chi connectivity index (χ3v) is 5.14. The van der Waals surface area contributed by atoms with Crippen LogP contribution in [0.1, 0.15) is 25.8 Å². The van der Waals surface area contributed by atoms with E-state index < -0.39 is 0 Å². The number of benzene rings is 2. The van der Waals surface area contributed by atoms with E-state index in [9.17, 15) is 4.79 Å². The molecule has 3 rings (SSSR count). The van der Waals surface area contributed by atoms with Gasteiger partial charge < -0.3 is 19.5 Å². The van der Waals surface area contributed by atoms with Gasteiger partial charge in [0, 0.05) is 17.4 Å².